The normalized spacial score (nSPS) is 12.5. The van der Waals surface area contributed by atoms with Gasteiger partial charge in [-0.3, -0.25) is 14.7 Å². The van der Waals surface area contributed by atoms with E-state index in [0.29, 0.717) is 18.7 Å². The number of H-pyrrole nitrogens is 1. The summed E-state index contributed by atoms with van der Waals surface area (Å²) in [6, 6.07) is 13.5. The average Bonchev–Trinajstić information content (AvgIpc) is 3.31. The monoisotopic (exact) mass is 361 g/mol. The molecule has 0 fully saturated rings. The Bertz CT molecular complexity index is 965. The molecule has 0 unspecified atom stereocenters. The van der Waals surface area contributed by atoms with Crippen molar-refractivity contribution in [2.75, 3.05) is 10.6 Å². The van der Waals surface area contributed by atoms with Crippen molar-refractivity contribution in [2.24, 2.45) is 0 Å². The first-order valence-corrected chi connectivity index (χ1v) is 8.85. The molecule has 0 saturated heterocycles. The zero-order chi connectivity index (χ0) is 18.6. The van der Waals surface area contributed by atoms with E-state index in [1.165, 1.54) is 6.33 Å². The van der Waals surface area contributed by atoms with E-state index in [9.17, 15) is 9.59 Å². The third-order valence-corrected chi connectivity index (χ3v) is 4.52. The molecular weight excluding hydrogens is 342 g/mol. The molecule has 0 bridgehead atoms. The average molecular weight is 361 g/mol. The van der Waals surface area contributed by atoms with Gasteiger partial charge in [-0.05, 0) is 54.3 Å². The number of amides is 2. The van der Waals surface area contributed by atoms with E-state index in [4.69, 9.17) is 0 Å². The molecular formula is C20H19N5O2. The number of aromatic amines is 1. The van der Waals surface area contributed by atoms with Crippen LogP contribution in [0.3, 0.4) is 0 Å². The van der Waals surface area contributed by atoms with Gasteiger partial charge in [-0.15, -0.1) is 0 Å². The lowest BCUT2D eigenvalue weighted by molar-refractivity contribution is -0.116. The van der Waals surface area contributed by atoms with E-state index >= 15 is 0 Å². The maximum Gasteiger partial charge on any atom is 0.228 e. The van der Waals surface area contributed by atoms with Crippen LogP contribution < -0.4 is 10.6 Å². The number of hydrogen-bond donors (Lipinski definition) is 3. The van der Waals surface area contributed by atoms with Crippen LogP contribution >= 0.6 is 0 Å². The van der Waals surface area contributed by atoms with Crippen molar-refractivity contribution in [1.82, 2.24) is 15.2 Å². The molecule has 3 N–H and O–H groups in total. The molecule has 0 radical (unpaired) electrons. The molecule has 2 aromatic carbocycles. The van der Waals surface area contributed by atoms with Crippen molar-refractivity contribution >= 4 is 23.2 Å². The largest absolute Gasteiger partial charge is 0.326 e. The second kappa shape index (κ2) is 7.41. The van der Waals surface area contributed by atoms with E-state index in [2.05, 4.69) is 25.8 Å². The highest BCUT2D eigenvalue weighted by Crippen LogP contribution is 2.24. The molecule has 2 heterocycles. The summed E-state index contributed by atoms with van der Waals surface area (Å²) < 4.78 is 0. The Labute approximate surface area is 156 Å². The lowest BCUT2D eigenvalue weighted by atomic mass is 10.0. The van der Waals surface area contributed by atoms with Gasteiger partial charge in [0.1, 0.15) is 6.33 Å². The fraction of sp³-hybridized carbons (Fsp3) is 0.200. The van der Waals surface area contributed by atoms with Gasteiger partial charge in [-0.2, -0.15) is 5.10 Å². The smallest absolute Gasteiger partial charge is 0.228 e. The zero-order valence-corrected chi connectivity index (χ0v) is 14.7. The number of hydrogen-bond acceptors (Lipinski definition) is 4. The van der Waals surface area contributed by atoms with Crippen LogP contribution in [0.25, 0.3) is 11.4 Å². The summed E-state index contributed by atoms with van der Waals surface area (Å²) in [4.78, 5) is 27.7. The highest BCUT2D eigenvalue weighted by atomic mass is 16.2. The van der Waals surface area contributed by atoms with Gasteiger partial charge >= 0.3 is 0 Å². The number of benzene rings is 2. The Kier molecular flexibility index (Phi) is 4.65. The second-order valence-corrected chi connectivity index (χ2v) is 6.53. The molecule has 136 valence electrons. The van der Waals surface area contributed by atoms with Crippen LogP contribution in [0.1, 0.15) is 24.0 Å². The van der Waals surface area contributed by atoms with Gasteiger partial charge in [0.05, 0.1) is 6.42 Å². The first-order valence-electron chi connectivity index (χ1n) is 8.85. The number of carbonyl (C=O) groups excluding carboxylic acids is 2. The van der Waals surface area contributed by atoms with Gasteiger partial charge in [0, 0.05) is 23.4 Å². The molecule has 1 aromatic heterocycles. The van der Waals surface area contributed by atoms with E-state index in [-0.39, 0.29) is 11.8 Å². The third kappa shape index (κ3) is 4.03. The number of aryl methyl sites for hydroxylation is 1. The van der Waals surface area contributed by atoms with Crippen LogP contribution in [0.15, 0.2) is 48.8 Å². The molecule has 4 rings (SSSR count). The summed E-state index contributed by atoms with van der Waals surface area (Å²) in [5.74, 6) is 0.718. The molecule has 1 aliphatic rings. The molecule has 2 amide bonds. The van der Waals surface area contributed by atoms with Crippen LogP contribution in [-0.2, 0) is 22.4 Å². The minimum atomic E-state index is -0.0135. The van der Waals surface area contributed by atoms with Gasteiger partial charge in [0.15, 0.2) is 5.82 Å². The summed E-state index contributed by atoms with van der Waals surface area (Å²) in [6.07, 6.45) is 3.90. The first kappa shape index (κ1) is 17.0. The van der Waals surface area contributed by atoms with Crippen molar-refractivity contribution in [3.63, 3.8) is 0 Å². The van der Waals surface area contributed by atoms with Gasteiger partial charge in [0.25, 0.3) is 0 Å². The topological polar surface area (TPSA) is 99.8 Å². The number of anilines is 2. The number of fused-ring (bicyclic) bond motifs is 1. The quantitative estimate of drug-likeness (QED) is 0.628. The zero-order valence-electron chi connectivity index (χ0n) is 14.7. The highest BCUT2D eigenvalue weighted by Gasteiger charge is 2.17. The SMILES string of the molecule is O=C(CCCc1ccc2c(c1)CC(=O)N2)Nc1ccc(-c2ncn[nH]2)cc1. The lowest BCUT2D eigenvalue weighted by Crippen LogP contribution is -2.11. The first-order chi connectivity index (χ1) is 13.2. The number of carbonyl (C=O) groups is 2. The van der Waals surface area contributed by atoms with Crippen molar-refractivity contribution < 1.29 is 9.59 Å². The summed E-state index contributed by atoms with van der Waals surface area (Å²) >= 11 is 0. The van der Waals surface area contributed by atoms with Crippen molar-refractivity contribution in [1.29, 1.82) is 0 Å². The molecule has 7 heteroatoms. The molecule has 0 saturated carbocycles. The predicted octanol–water partition coefficient (Wildman–Crippen LogP) is 2.93. The summed E-state index contributed by atoms with van der Waals surface area (Å²) in [7, 11) is 0. The van der Waals surface area contributed by atoms with E-state index < -0.39 is 0 Å². The minimum Gasteiger partial charge on any atom is -0.326 e. The molecule has 1 aliphatic heterocycles. The number of nitrogens with one attached hydrogen (secondary N) is 3. The van der Waals surface area contributed by atoms with Gasteiger partial charge in [-0.1, -0.05) is 12.1 Å². The molecule has 0 aliphatic carbocycles. The molecule has 7 nitrogen and oxygen atoms in total. The Morgan fingerprint density at radius 2 is 2.00 bits per heavy atom. The van der Waals surface area contributed by atoms with Crippen LogP contribution in [0, 0.1) is 0 Å². The number of rotatable bonds is 6. The van der Waals surface area contributed by atoms with Crippen LogP contribution in [0.4, 0.5) is 11.4 Å². The molecule has 0 atom stereocenters. The summed E-state index contributed by atoms with van der Waals surface area (Å²) in [5.41, 5.74) is 4.75. The van der Waals surface area contributed by atoms with Crippen molar-refractivity contribution in [2.45, 2.75) is 25.7 Å². The Balaban J connectivity index is 1.26. The Morgan fingerprint density at radius 3 is 2.78 bits per heavy atom. The van der Waals surface area contributed by atoms with E-state index in [0.717, 1.165) is 40.9 Å². The molecule has 27 heavy (non-hydrogen) atoms. The fourth-order valence-electron chi connectivity index (χ4n) is 3.17. The van der Waals surface area contributed by atoms with Crippen molar-refractivity contribution in [3.8, 4) is 11.4 Å². The fourth-order valence-corrected chi connectivity index (χ4v) is 3.17. The maximum atomic E-state index is 12.2. The second-order valence-electron chi connectivity index (χ2n) is 6.53. The van der Waals surface area contributed by atoms with Crippen LogP contribution in [-0.4, -0.2) is 27.0 Å². The molecule has 3 aromatic rings. The van der Waals surface area contributed by atoms with Gasteiger partial charge < -0.3 is 10.6 Å². The molecule has 0 spiro atoms. The standard InChI is InChI=1S/C20H19N5O2/c26-18(23-16-7-5-14(6-8-16)20-21-12-22-25-20)3-1-2-13-4-9-17-15(10-13)11-19(27)24-17/h4-10,12H,1-3,11H2,(H,23,26)(H,24,27)(H,21,22,25). The number of nitrogens with zero attached hydrogens (tertiary/aromatic N) is 2. The Morgan fingerprint density at radius 1 is 1.15 bits per heavy atom. The van der Waals surface area contributed by atoms with E-state index in [1.54, 1.807) is 0 Å². The van der Waals surface area contributed by atoms with Crippen LogP contribution in [0.5, 0.6) is 0 Å². The number of aromatic nitrogens is 3. The van der Waals surface area contributed by atoms with Gasteiger partial charge in [-0.25, -0.2) is 4.98 Å². The summed E-state index contributed by atoms with van der Waals surface area (Å²) in [5, 5.41) is 12.4. The summed E-state index contributed by atoms with van der Waals surface area (Å²) in [6.45, 7) is 0. The minimum absolute atomic E-state index is 0.0135. The highest BCUT2D eigenvalue weighted by molar-refractivity contribution is 5.99. The van der Waals surface area contributed by atoms with Gasteiger partial charge in [0.2, 0.25) is 11.8 Å². The third-order valence-electron chi connectivity index (χ3n) is 4.52. The van der Waals surface area contributed by atoms with Crippen LogP contribution in [0.2, 0.25) is 0 Å². The predicted molar refractivity (Wildman–Crippen MR) is 102 cm³/mol. The Hall–Kier alpha value is -3.48. The maximum absolute atomic E-state index is 12.2. The van der Waals surface area contributed by atoms with E-state index in [1.807, 2.05) is 42.5 Å². The van der Waals surface area contributed by atoms with Crippen molar-refractivity contribution in [3.05, 3.63) is 59.9 Å². The lowest BCUT2D eigenvalue weighted by Gasteiger charge is -2.07.